The van der Waals surface area contributed by atoms with Gasteiger partial charge in [0.05, 0.1) is 25.2 Å². The van der Waals surface area contributed by atoms with Crippen molar-refractivity contribution in [1.29, 1.82) is 0 Å². The predicted octanol–water partition coefficient (Wildman–Crippen LogP) is 7.19. The van der Waals surface area contributed by atoms with E-state index < -0.39 is 17.8 Å². The van der Waals surface area contributed by atoms with Crippen LogP contribution in [-0.4, -0.2) is 45.7 Å². The zero-order chi connectivity index (χ0) is 31.6. The molecule has 44 heavy (non-hydrogen) atoms. The van der Waals surface area contributed by atoms with Gasteiger partial charge in [0.15, 0.2) is 5.78 Å². The number of aromatic nitrogens is 1. The number of ether oxygens (including phenoxy) is 2. The number of carbonyl (C=O) groups is 3. The van der Waals surface area contributed by atoms with Crippen LogP contribution in [0.15, 0.2) is 60.8 Å². The lowest BCUT2D eigenvalue weighted by Crippen LogP contribution is -2.07. The van der Waals surface area contributed by atoms with Crippen LogP contribution in [0, 0.1) is 12.7 Å². The minimum Gasteiger partial charge on any atom is -0.494 e. The van der Waals surface area contributed by atoms with E-state index >= 15 is 0 Å². The number of nitrogens with zero attached hydrogens (tertiary/aromatic N) is 1. The summed E-state index contributed by atoms with van der Waals surface area (Å²) in [5.74, 6) is -1.35. The summed E-state index contributed by atoms with van der Waals surface area (Å²) in [5.41, 5.74) is 4.21. The minimum atomic E-state index is -0.929. The van der Waals surface area contributed by atoms with Gasteiger partial charge in [0.25, 0.3) is 0 Å². The Bertz CT molecular complexity index is 1670. The maximum Gasteiger partial charge on any atom is 0.307 e. The first kappa shape index (κ1) is 32.0. The van der Waals surface area contributed by atoms with Gasteiger partial charge in [0.1, 0.15) is 17.3 Å². The van der Waals surface area contributed by atoms with Gasteiger partial charge in [0, 0.05) is 30.1 Å². The normalized spacial score (nSPS) is 11.2. The number of fused-ring (bicyclic) bond motifs is 1. The standard InChI is InChI=1S/C35H36FNO7/c1-23-19-28(36)21-30(24(2)38)35(23)44-18-4-3-17-43-29-14-11-25(12-15-29)10-13-26-7-5-8-31-34(26)27(20-33(41)42)22-37(31)16-6-9-32(39)40/h5,7-8,10-15,19,21-22H,3-4,6,9,16-18,20H2,1-2H3,(H,39,40)(H,41,42)/b13-10+. The molecule has 0 amide bonds. The van der Waals surface area contributed by atoms with Crippen molar-refractivity contribution in [3.05, 3.63) is 94.4 Å². The smallest absolute Gasteiger partial charge is 0.307 e. The molecule has 4 rings (SSSR count). The predicted molar refractivity (Wildman–Crippen MR) is 167 cm³/mol. The number of ketones is 1. The van der Waals surface area contributed by atoms with Crippen LogP contribution in [0.4, 0.5) is 4.39 Å². The highest BCUT2D eigenvalue weighted by atomic mass is 19.1. The molecule has 8 nitrogen and oxygen atoms in total. The lowest BCUT2D eigenvalue weighted by molar-refractivity contribution is -0.137. The number of carbonyl (C=O) groups excluding carboxylic acids is 1. The molecule has 0 radical (unpaired) electrons. The third-order valence-electron chi connectivity index (χ3n) is 7.16. The third kappa shape index (κ3) is 8.56. The Morgan fingerprint density at radius 3 is 2.32 bits per heavy atom. The summed E-state index contributed by atoms with van der Waals surface area (Å²) >= 11 is 0. The highest BCUT2D eigenvalue weighted by Crippen LogP contribution is 2.29. The highest BCUT2D eigenvalue weighted by molar-refractivity contribution is 5.97. The largest absolute Gasteiger partial charge is 0.494 e. The number of aryl methyl sites for hydroxylation is 2. The Morgan fingerprint density at radius 1 is 0.909 bits per heavy atom. The lowest BCUT2D eigenvalue weighted by atomic mass is 10.0. The van der Waals surface area contributed by atoms with Crippen molar-refractivity contribution in [2.24, 2.45) is 0 Å². The number of halogens is 1. The summed E-state index contributed by atoms with van der Waals surface area (Å²) in [6, 6.07) is 16.0. The fourth-order valence-corrected chi connectivity index (χ4v) is 5.10. The maximum atomic E-state index is 13.7. The SMILES string of the molecule is CC(=O)c1cc(F)cc(C)c1OCCCCOc1ccc(/C=C/c2cccc3c2c(CC(=O)O)cn3CCCC(=O)O)cc1. The van der Waals surface area contributed by atoms with Gasteiger partial charge in [-0.15, -0.1) is 0 Å². The Labute approximate surface area is 255 Å². The summed E-state index contributed by atoms with van der Waals surface area (Å²) in [5, 5.41) is 19.3. The van der Waals surface area contributed by atoms with Crippen molar-refractivity contribution in [2.45, 2.75) is 52.5 Å². The van der Waals surface area contributed by atoms with Crippen LogP contribution in [0.25, 0.3) is 23.1 Å². The molecule has 0 saturated carbocycles. The van der Waals surface area contributed by atoms with Crippen molar-refractivity contribution in [3.63, 3.8) is 0 Å². The third-order valence-corrected chi connectivity index (χ3v) is 7.16. The number of carboxylic acid groups (broad SMARTS) is 2. The zero-order valence-corrected chi connectivity index (χ0v) is 24.8. The molecule has 9 heteroatoms. The second-order valence-electron chi connectivity index (χ2n) is 10.6. The average molecular weight is 602 g/mol. The molecule has 1 heterocycles. The van der Waals surface area contributed by atoms with Crippen molar-refractivity contribution in [2.75, 3.05) is 13.2 Å². The molecule has 0 unspecified atom stereocenters. The molecular weight excluding hydrogens is 565 g/mol. The fraction of sp³-hybridized carbons (Fsp3) is 0.286. The molecule has 4 aromatic rings. The van der Waals surface area contributed by atoms with E-state index in [1.165, 1.54) is 19.1 Å². The zero-order valence-electron chi connectivity index (χ0n) is 24.8. The number of hydrogen-bond donors (Lipinski definition) is 2. The summed E-state index contributed by atoms with van der Waals surface area (Å²) < 4.78 is 27.2. The molecule has 0 atom stereocenters. The van der Waals surface area contributed by atoms with Crippen molar-refractivity contribution < 1.29 is 38.5 Å². The number of aliphatic carboxylic acids is 2. The first-order valence-electron chi connectivity index (χ1n) is 14.5. The highest BCUT2D eigenvalue weighted by Gasteiger charge is 2.15. The lowest BCUT2D eigenvalue weighted by Gasteiger charge is -2.13. The molecular formula is C35H36FNO7. The molecule has 0 aliphatic heterocycles. The van der Waals surface area contributed by atoms with Crippen LogP contribution in [0.2, 0.25) is 0 Å². The molecule has 2 N–H and O–H groups in total. The van der Waals surface area contributed by atoms with Gasteiger partial charge < -0.3 is 24.3 Å². The van der Waals surface area contributed by atoms with E-state index in [1.807, 2.05) is 65.4 Å². The van der Waals surface area contributed by atoms with Gasteiger partial charge in [-0.1, -0.05) is 36.4 Å². The van der Waals surface area contributed by atoms with Crippen molar-refractivity contribution >= 4 is 40.8 Å². The molecule has 0 aliphatic rings. The Hall–Kier alpha value is -4.92. The molecule has 0 spiro atoms. The number of benzene rings is 3. The Kier molecular flexibility index (Phi) is 10.9. The maximum absolute atomic E-state index is 13.7. The fourth-order valence-electron chi connectivity index (χ4n) is 5.10. The minimum absolute atomic E-state index is 0.0435. The van der Waals surface area contributed by atoms with E-state index in [2.05, 4.69) is 0 Å². The molecule has 0 saturated heterocycles. The summed E-state index contributed by atoms with van der Waals surface area (Å²) in [7, 11) is 0. The van der Waals surface area contributed by atoms with Crippen LogP contribution in [-0.2, 0) is 22.6 Å². The van der Waals surface area contributed by atoms with Crippen LogP contribution in [0.5, 0.6) is 11.5 Å². The molecule has 3 aromatic carbocycles. The van der Waals surface area contributed by atoms with Gasteiger partial charge in [-0.3, -0.25) is 14.4 Å². The van der Waals surface area contributed by atoms with Gasteiger partial charge in [-0.2, -0.15) is 0 Å². The number of Topliss-reactive ketones (excluding diaryl/α,β-unsaturated/α-hetero) is 1. The Morgan fingerprint density at radius 2 is 1.64 bits per heavy atom. The van der Waals surface area contributed by atoms with E-state index in [4.69, 9.17) is 14.6 Å². The van der Waals surface area contributed by atoms with Crippen LogP contribution in [0.1, 0.15) is 65.2 Å². The summed E-state index contributed by atoms with van der Waals surface area (Å²) in [4.78, 5) is 34.3. The number of rotatable bonds is 16. The van der Waals surface area contributed by atoms with E-state index in [-0.39, 0.29) is 24.2 Å². The molecule has 0 aliphatic carbocycles. The number of unbranched alkanes of at least 4 members (excludes halogenated alkanes) is 1. The molecule has 230 valence electrons. The van der Waals surface area contributed by atoms with Crippen molar-refractivity contribution in [3.8, 4) is 11.5 Å². The van der Waals surface area contributed by atoms with Gasteiger partial charge in [0.2, 0.25) is 0 Å². The quantitative estimate of drug-likeness (QED) is 0.0793. The monoisotopic (exact) mass is 601 g/mol. The topological polar surface area (TPSA) is 115 Å². The first-order chi connectivity index (χ1) is 21.1. The average Bonchev–Trinajstić information content (AvgIpc) is 3.31. The Balaban J connectivity index is 1.33. The van der Waals surface area contributed by atoms with Gasteiger partial charge in [-0.25, -0.2) is 4.39 Å². The second kappa shape index (κ2) is 15.0. The first-order valence-corrected chi connectivity index (χ1v) is 14.5. The number of carboxylic acids is 2. The number of hydrogen-bond acceptors (Lipinski definition) is 5. The van der Waals surface area contributed by atoms with Gasteiger partial charge >= 0.3 is 11.9 Å². The van der Waals surface area contributed by atoms with E-state index in [1.54, 1.807) is 6.92 Å². The van der Waals surface area contributed by atoms with E-state index in [9.17, 15) is 23.9 Å². The van der Waals surface area contributed by atoms with Crippen LogP contribution < -0.4 is 9.47 Å². The summed E-state index contributed by atoms with van der Waals surface area (Å²) in [6.45, 7) is 4.46. The van der Waals surface area contributed by atoms with E-state index in [0.29, 0.717) is 49.5 Å². The van der Waals surface area contributed by atoms with Crippen LogP contribution >= 0.6 is 0 Å². The molecule has 1 aromatic heterocycles. The summed E-state index contributed by atoms with van der Waals surface area (Å²) in [6.07, 6.45) is 7.51. The van der Waals surface area contributed by atoms with Crippen LogP contribution in [0.3, 0.4) is 0 Å². The van der Waals surface area contributed by atoms with Gasteiger partial charge in [-0.05, 0) is 85.7 Å². The second-order valence-corrected chi connectivity index (χ2v) is 10.6. The van der Waals surface area contributed by atoms with Crippen molar-refractivity contribution in [1.82, 2.24) is 4.57 Å². The molecule has 0 fully saturated rings. The molecule has 0 bridgehead atoms. The van der Waals surface area contributed by atoms with E-state index in [0.717, 1.165) is 34.2 Å².